The summed E-state index contributed by atoms with van der Waals surface area (Å²) in [4.78, 5) is 13.0. The number of benzene rings is 2. The van der Waals surface area contributed by atoms with E-state index in [4.69, 9.17) is 11.6 Å². The molecule has 2 aliphatic rings. The van der Waals surface area contributed by atoms with Gasteiger partial charge in [0.1, 0.15) is 5.76 Å². The number of hydrogen-bond acceptors (Lipinski definition) is 2. The number of hydrogen-bond donors (Lipinski definition) is 2. The summed E-state index contributed by atoms with van der Waals surface area (Å²) in [5.74, 6) is 1.35. The zero-order valence-corrected chi connectivity index (χ0v) is 18.0. The standard InChI is InChI=1S/C25H28ClNO2/c1-15(2)17-10-12-25(13-11-17)23(28)22(24(29)27-25)21-14-19(5-4-16(21)3)18-6-8-20(26)9-7-18/h4-9,14-15,17,28H,10-13H2,1-3H3,(H,27,29). The Labute approximate surface area is 177 Å². The molecule has 29 heavy (non-hydrogen) atoms. The van der Waals surface area contributed by atoms with Crippen LogP contribution in [0.3, 0.4) is 0 Å². The normalized spacial score (nSPS) is 24.4. The maximum absolute atomic E-state index is 13.0. The molecule has 0 bridgehead atoms. The van der Waals surface area contributed by atoms with Gasteiger partial charge in [0, 0.05) is 5.02 Å². The second kappa shape index (κ2) is 7.53. The fourth-order valence-corrected chi connectivity index (χ4v) is 4.94. The first kappa shape index (κ1) is 20.0. The van der Waals surface area contributed by atoms with Crippen LogP contribution in [0.4, 0.5) is 0 Å². The fourth-order valence-electron chi connectivity index (χ4n) is 4.81. The van der Waals surface area contributed by atoms with Crippen LogP contribution < -0.4 is 5.32 Å². The third kappa shape index (κ3) is 3.57. The van der Waals surface area contributed by atoms with Crippen LogP contribution >= 0.6 is 11.6 Å². The zero-order valence-electron chi connectivity index (χ0n) is 17.3. The van der Waals surface area contributed by atoms with Crippen molar-refractivity contribution in [2.45, 2.75) is 52.0 Å². The van der Waals surface area contributed by atoms with Crippen molar-refractivity contribution < 1.29 is 9.90 Å². The first-order valence-electron chi connectivity index (χ1n) is 10.4. The van der Waals surface area contributed by atoms with E-state index >= 15 is 0 Å². The van der Waals surface area contributed by atoms with Crippen LogP contribution in [0.25, 0.3) is 16.7 Å². The van der Waals surface area contributed by atoms with Crippen LogP contribution in [-0.4, -0.2) is 16.6 Å². The molecule has 1 aliphatic heterocycles. The number of rotatable bonds is 3. The third-order valence-corrected chi connectivity index (χ3v) is 7.03. The Balaban J connectivity index is 1.72. The van der Waals surface area contributed by atoms with Crippen molar-refractivity contribution >= 4 is 23.1 Å². The van der Waals surface area contributed by atoms with Crippen LogP contribution in [0.2, 0.25) is 5.02 Å². The molecule has 3 nitrogen and oxygen atoms in total. The third-order valence-electron chi connectivity index (χ3n) is 6.78. The summed E-state index contributed by atoms with van der Waals surface area (Å²) < 4.78 is 0. The molecule has 2 aromatic rings. The Morgan fingerprint density at radius 3 is 2.31 bits per heavy atom. The van der Waals surface area contributed by atoms with Gasteiger partial charge in [-0.3, -0.25) is 4.79 Å². The molecule has 1 spiro atoms. The number of nitrogens with one attached hydrogen (secondary N) is 1. The summed E-state index contributed by atoms with van der Waals surface area (Å²) in [5, 5.41) is 15.0. The van der Waals surface area contributed by atoms with Gasteiger partial charge < -0.3 is 10.4 Å². The van der Waals surface area contributed by atoms with Crippen molar-refractivity contribution in [1.82, 2.24) is 5.32 Å². The summed E-state index contributed by atoms with van der Waals surface area (Å²) in [6, 6.07) is 13.7. The molecule has 1 heterocycles. The van der Waals surface area contributed by atoms with Crippen molar-refractivity contribution in [2.24, 2.45) is 11.8 Å². The molecule has 0 atom stereocenters. The molecular formula is C25H28ClNO2. The number of halogens is 1. The van der Waals surface area contributed by atoms with E-state index < -0.39 is 5.54 Å². The van der Waals surface area contributed by atoms with Gasteiger partial charge in [-0.2, -0.15) is 0 Å². The molecule has 1 saturated carbocycles. The monoisotopic (exact) mass is 409 g/mol. The number of carbonyl (C=O) groups is 1. The molecule has 0 saturated heterocycles. The lowest BCUT2D eigenvalue weighted by Crippen LogP contribution is -2.47. The highest BCUT2D eigenvalue weighted by Gasteiger charge is 2.48. The van der Waals surface area contributed by atoms with Crippen molar-refractivity contribution in [3.8, 4) is 11.1 Å². The van der Waals surface area contributed by atoms with Crippen LogP contribution in [0, 0.1) is 18.8 Å². The minimum atomic E-state index is -0.597. The molecule has 0 aromatic heterocycles. The first-order valence-corrected chi connectivity index (χ1v) is 10.8. The van der Waals surface area contributed by atoms with Gasteiger partial charge in [0.15, 0.2) is 0 Å². The zero-order chi connectivity index (χ0) is 20.8. The second-order valence-electron chi connectivity index (χ2n) is 8.88. The van der Waals surface area contributed by atoms with E-state index in [0.29, 0.717) is 22.4 Å². The molecule has 2 N–H and O–H groups in total. The fraction of sp³-hybridized carbons (Fsp3) is 0.400. The van der Waals surface area contributed by atoms with Crippen molar-refractivity contribution in [3.05, 3.63) is 64.4 Å². The number of carbonyl (C=O) groups excluding carboxylic acids is 1. The van der Waals surface area contributed by atoms with Gasteiger partial charge in [-0.05, 0) is 84.9 Å². The van der Waals surface area contributed by atoms with Crippen molar-refractivity contribution in [1.29, 1.82) is 0 Å². The lowest BCUT2D eigenvalue weighted by Gasteiger charge is -2.38. The van der Waals surface area contributed by atoms with Gasteiger partial charge in [-0.1, -0.05) is 49.7 Å². The van der Waals surface area contributed by atoms with Gasteiger partial charge in [0.2, 0.25) is 0 Å². The number of aliphatic hydroxyl groups is 1. The molecule has 4 rings (SSSR count). The largest absolute Gasteiger partial charge is 0.509 e. The topological polar surface area (TPSA) is 49.3 Å². The smallest absolute Gasteiger partial charge is 0.256 e. The molecule has 4 heteroatoms. The van der Waals surface area contributed by atoms with E-state index in [9.17, 15) is 9.90 Å². The van der Waals surface area contributed by atoms with Crippen molar-refractivity contribution in [2.75, 3.05) is 0 Å². The average Bonchev–Trinajstić information content (AvgIpc) is 2.93. The summed E-state index contributed by atoms with van der Waals surface area (Å²) in [5.41, 5.74) is 3.64. The minimum absolute atomic E-state index is 0.165. The van der Waals surface area contributed by atoms with E-state index in [2.05, 4.69) is 19.2 Å². The van der Waals surface area contributed by atoms with Crippen LogP contribution in [0.1, 0.15) is 50.7 Å². The molecular weight excluding hydrogens is 382 g/mol. The van der Waals surface area contributed by atoms with E-state index in [0.717, 1.165) is 47.9 Å². The summed E-state index contributed by atoms with van der Waals surface area (Å²) in [7, 11) is 0. The van der Waals surface area contributed by atoms with Gasteiger partial charge in [0.25, 0.3) is 5.91 Å². The van der Waals surface area contributed by atoms with Gasteiger partial charge in [-0.25, -0.2) is 0 Å². The number of amides is 1. The molecule has 0 unspecified atom stereocenters. The Bertz CT molecular complexity index is 967. The molecule has 152 valence electrons. The maximum atomic E-state index is 13.0. The Morgan fingerprint density at radius 2 is 1.69 bits per heavy atom. The summed E-state index contributed by atoms with van der Waals surface area (Å²) >= 11 is 6.02. The van der Waals surface area contributed by atoms with Crippen molar-refractivity contribution in [3.63, 3.8) is 0 Å². The lowest BCUT2D eigenvalue weighted by atomic mass is 9.72. The molecule has 1 fully saturated rings. The quantitative estimate of drug-likeness (QED) is 0.624. The molecule has 1 aliphatic carbocycles. The number of aryl methyl sites for hydroxylation is 1. The first-order chi connectivity index (χ1) is 13.8. The molecule has 2 aromatic carbocycles. The SMILES string of the molecule is Cc1ccc(-c2ccc(Cl)cc2)cc1C1=C(O)C2(CCC(C(C)C)CC2)NC1=O. The lowest BCUT2D eigenvalue weighted by molar-refractivity contribution is -0.116. The predicted molar refractivity (Wildman–Crippen MR) is 119 cm³/mol. The highest BCUT2D eigenvalue weighted by atomic mass is 35.5. The van der Waals surface area contributed by atoms with Gasteiger partial charge >= 0.3 is 0 Å². The minimum Gasteiger partial charge on any atom is -0.509 e. The number of aliphatic hydroxyl groups excluding tert-OH is 1. The summed E-state index contributed by atoms with van der Waals surface area (Å²) in [6.07, 6.45) is 3.65. The van der Waals surface area contributed by atoms with E-state index in [1.807, 2.05) is 49.4 Å². The van der Waals surface area contributed by atoms with Crippen LogP contribution in [-0.2, 0) is 4.79 Å². The Morgan fingerprint density at radius 1 is 1.07 bits per heavy atom. The Kier molecular flexibility index (Phi) is 5.20. The second-order valence-corrected chi connectivity index (χ2v) is 9.31. The van der Waals surface area contributed by atoms with Gasteiger partial charge in [-0.15, -0.1) is 0 Å². The van der Waals surface area contributed by atoms with Gasteiger partial charge in [0.05, 0.1) is 11.1 Å². The molecule has 1 amide bonds. The van der Waals surface area contributed by atoms with E-state index in [1.54, 1.807) is 0 Å². The maximum Gasteiger partial charge on any atom is 0.256 e. The predicted octanol–water partition coefficient (Wildman–Crippen LogP) is 6.30. The molecule has 0 radical (unpaired) electrons. The highest BCUT2D eigenvalue weighted by Crippen LogP contribution is 2.45. The van der Waals surface area contributed by atoms with Crippen LogP contribution in [0.5, 0.6) is 0 Å². The van der Waals surface area contributed by atoms with E-state index in [1.165, 1.54) is 0 Å². The highest BCUT2D eigenvalue weighted by molar-refractivity contribution is 6.30. The summed E-state index contributed by atoms with van der Waals surface area (Å²) in [6.45, 7) is 6.49. The Hall–Kier alpha value is -2.26. The average molecular weight is 410 g/mol. The van der Waals surface area contributed by atoms with Crippen LogP contribution in [0.15, 0.2) is 48.2 Å². The van der Waals surface area contributed by atoms with E-state index in [-0.39, 0.29) is 11.7 Å².